The van der Waals surface area contributed by atoms with Crippen LogP contribution in [-0.2, 0) is 12.7 Å². The Labute approximate surface area is 220 Å². The fourth-order valence-electron chi connectivity index (χ4n) is 4.85. The van der Waals surface area contributed by atoms with Crippen molar-refractivity contribution >= 4 is 17.3 Å². The zero-order chi connectivity index (χ0) is 26.5. The summed E-state index contributed by atoms with van der Waals surface area (Å²) in [6.45, 7) is 4.54. The molecule has 194 valence electrons. The molecule has 0 atom stereocenters. The van der Waals surface area contributed by atoms with E-state index in [1.807, 2.05) is 18.2 Å². The van der Waals surface area contributed by atoms with Crippen molar-refractivity contribution in [2.24, 2.45) is 0 Å². The smallest absolute Gasteiger partial charge is 0.369 e. The molecule has 0 bridgehead atoms. The number of nitrogens with one attached hydrogen (secondary N) is 1. The number of nitrogens with zero attached hydrogens (tertiary/aromatic N) is 2. The van der Waals surface area contributed by atoms with Gasteiger partial charge in [0.15, 0.2) is 0 Å². The zero-order valence-corrected chi connectivity index (χ0v) is 20.8. The Balaban J connectivity index is 1.28. The largest absolute Gasteiger partial charge is 0.417 e. The van der Waals surface area contributed by atoms with Crippen LogP contribution in [0.1, 0.15) is 21.5 Å². The van der Waals surface area contributed by atoms with Gasteiger partial charge in [-0.1, -0.05) is 72.8 Å². The lowest BCUT2D eigenvalue weighted by Crippen LogP contribution is -2.45. The molecule has 1 N–H and O–H groups in total. The van der Waals surface area contributed by atoms with Gasteiger partial charge in [-0.25, -0.2) is 0 Å². The van der Waals surface area contributed by atoms with E-state index in [1.54, 1.807) is 48.5 Å². The van der Waals surface area contributed by atoms with E-state index >= 15 is 0 Å². The third kappa shape index (κ3) is 5.89. The lowest BCUT2D eigenvalue weighted by molar-refractivity contribution is -0.137. The summed E-state index contributed by atoms with van der Waals surface area (Å²) in [4.78, 5) is 17.9. The Morgan fingerprint density at radius 2 is 1.37 bits per heavy atom. The van der Waals surface area contributed by atoms with E-state index in [1.165, 1.54) is 11.6 Å². The zero-order valence-electron chi connectivity index (χ0n) is 20.8. The minimum atomic E-state index is -4.66. The van der Waals surface area contributed by atoms with Crippen LogP contribution in [-0.4, -0.2) is 37.0 Å². The molecule has 1 heterocycles. The Bertz CT molecular complexity index is 1370. The lowest BCUT2D eigenvalue weighted by atomic mass is 9.94. The van der Waals surface area contributed by atoms with Crippen LogP contribution in [0, 0.1) is 0 Å². The number of benzene rings is 4. The van der Waals surface area contributed by atoms with E-state index in [2.05, 4.69) is 39.4 Å². The average molecular weight is 516 g/mol. The molecule has 1 saturated heterocycles. The van der Waals surface area contributed by atoms with Crippen LogP contribution in [0.2, 0.25) is 0 Å². The molecule has 1 aliphatic rings. The Hall–Kier alpha value is -4.10. The van der Waals surface area contributed by atoms with E-state index in [4.69, 9.17) is 0 Å². The maximum Gasteiger partial charge on any atom is 0.417 e. The van der Waals surface area contributed by atoms with Gasteiger partial charge in [-0.15, -0.1) is 0 Å². The van der Waals surface area contributed by atoms with Crippen LogP contribution < -0.4 is 10.2 Å². The number of alkyl halides is 3. The Kier molecular flexibility index (Phi) is 7.47. The number of carbonyl (C=O) groups excluding carboxylic acids is 1. The second-order valence-corrected chi connectivity index (χ2v) is 9.34. The summed E-state index contributed by atoms with van der Waals surface area (Å²) >= 11 is 0. The van der Waals surface area contributed by atoms with Crippen molar-refractivity contribution in [3.63, 3.8) is 0 Å². The third-order valence-corrected chi connectivity index (χ3v) is 6.79. The summed E-state index contributed by atoms with van der Waals surface area (Å²) in [5.74, 6) is -0.793. The first-order valence-electron chi connectivity index (χ1n) is 12.6. The highest BCUT2D eigenvalue weighted by Gasteiger charge is 2.36. The molecule has 1 amide bonds. The molecular formula is C31H28F3N3O. The van der Waals surface area contributed by atoms with E-state index in [9.17, 15) is 18.0 Å². The molecular weight excluding hydrogens is 487 g/mol. The SMILES string of the molecule is O=C(Nc1ccc(N2CCN(Cc3ccccc3)CC2)cc1)c1c(-c2ccccc2)cccc1C(F)(F)F. The van der Waals surface area contributed by atoms with Gasteiger partial charge in [0, 0.05) is 44.1 Å². The van der Waals surface area contributed by atoms with Gasteiger partial charge in [-0.2, -0.15) is 13.2 Å². The third-order valence-electron chi connectivity index (χ3n) is 6.79. The minimum Gasteiger partial charge on any atom is -0.369 e. The quantitative estimate of drug-likeness (QED) is 0.302. The molecule has 4 aromatic rings. The summed E-state index contributed by atoms with van der Waals surface area (Å²) in [5.41, 5.74) is 2.20. The van der Waals surface area contributed by atoms with Gasteiger partial charge in [0.25, 0.3) is 5.91 Å². The summed E-state index contributed by atoms with van der Waals surface area (Å²) in [7, 11) is 0. The van der Waals surface area contributed by atoms with Crippen molar-refractivity contribution in [3.8, 4) is 11.1 Å². The van der Waals surface area contributed by atoms with E-state index < -0.39 is 17.6 Å². The number of hydrogen-bond donors (Lipinski definition) is 1. The number of piperazine rings is 1. The Morgan fingerprint density at radius 1 is 0.737 bits per heavy atom. The maximum absolute atomic E-state index is 13.9. The summed E-state index contributed by atoms with van der Waals surface area (Å²) in [6.07, 6.45) is -4.66. The highest BCUT2D eigenvalue weighted by molar-refractivity contribution is 6.10. The number of carbonyl (C=O) groups is 1. The fraction of sp³-hybridized carbons (Fsp3) is 0.194. The van der Waals surface area contributed by atoms with Crippen LogP contribution in [0.4, 0.5) is 24.5 Å². The summed E-state index contributed by atoms with van der Waals surface area (Å²) < 4.78 is 41.6. The van der Waals surface area contributed by atoms with Crippen LogP contribution >= 0.6 is 0 Å². The van der Waals surface area contributed by atoms with Crippen molar-refractivity contribution in [2.45, 2.75) is 12.7 Å². The molecule has 0 radical (unpaired) electrons. The normalized spacial score (nSPS) is 14.3. The van der Waals surface area contributed by atoms with Crippen LogP contribution in [0.15, 0.2) is 103 Å². The first-order chi connectivity index (χ1) is 18.4. The second-order valence-electron chi connectivity index (χ2n) is 9.34. The van der Waals surface area contributed by atoms with Gasteiger partial charge in [0.2, 0.25) is 0 Å². The first kappa shape index (κ1) is 25.5. The fourth-order valence-corrected chi connectivity index (χ4v) is 4.85. The number of anilines is 2. The molecule has 1 fully saturated rings. The maximum atomic E-state index is 13.9. The summed E-state index contributed by atoms with van der Waals surface area (Å²) in [5, 5.41) is 2.68. The average Bonchev–Trinajstić information content (AvgIpc) is 2.94. The molecule has 5 rings (SSSR count). The van der Waals surface area contributed by atoms with Crippen LogP contribution in [0.3, 0.4) is 0 Å². The highest BCUT2D eigenvalue weighted by Crippen LogP contribution is 2.37. The second kappa shape index (κ2) is 11.1. The summed E-state index contributed by atoms with van der Waals surface area (Å²) in [6, 6.07) is 30.1. The van der Waals surface area contributed by atoms with Gasteiger partial charge in [-0.3, -0.25) is 9.69 Å². The van der Waals surface area contributed by atoms with Crippen molar-refractivity contribution in [1.82, 2.24) is 4.90 Å². The Morgan fingerprint density at radius 3 is 2.00 bits per heavy atom. The predicted molar refractivity (Wildman–Crippen MR) is 145 cm³/mol. The van der Waals surface area contributed by atoms with Gasteiger partial charge in [0.05, 0.1) is 11.1 Å². The van der Waals surface area contributed by atoms with Crippen molar-refractivity contribution in [3.05, 3.63) is 120 Å². The van der Waals surface area contributed by atoms with Gasteiger partial charge in [0.1, 0.15) is 0 Å². The number of hydrogen-bond acceptors (Lipinski definition) is 3. The van der Waals surface area contributed by atoms with E-state index in [-0.39, 0.29) is 11.1 Å². The highest BCUT2D eigenvalue weighted by atomic mass is 19.4. The van der Waals surface area contributed by atoms with Crippen LogP contribution in [0.25, 0.3) is 11.1 Å². The number of rotatable bonds is 6. The molecule has 4 nitrogen and oxygen atoms in total. The van der Waals surface area contributed by atoms with Crippen LogP contribution in [0.5, 0.6) is 0 Å². The molecule has 0 saturated carbocycles. The monoisotopic (exact) mass is 515 g/mol. The standard InChI is InChI=1S/C31H28F3N3O/c32-31(33,34)28-13-7-12-27(24-10-5-2-6-11-24)29(28)30(38)35-25-14-16-26(17-15-25)37-20-18-36(19-21-37)22-23-8-3-1-4-9-23/h1-17H,18-22H2,(H,35,38). The number of halogens is 3. The van der Waals surface area contributed by atoms with E-state index in [0.717, 1.165) is 44.5 Å². The molecule has 0 unspecified atom stereocenters. The molecule has 1 aliphatic heterocycles. The lowest BCUT2D eigenvalue weighted by Gasteiger charge is -2.36. The molecule has 0 aliphatic carbocycles. The van der Waals surface area contributed by atoms with Gasteiger partial charge in [-0.05, 0) is 47.0 Å². The molecule has 0 spiro atoms. The molecule has 0 aromatic heterocycles. The van der Waals surface area contributed by atoms with E-state index in [0.29, 0.717) is 11.3 Å². The van der Waals surface area contributed by atoms with Crippen molar-refractivity contribution in [1.29, 1.82) is 0 Å². The number of amides is 1. The minimum absolute atomic E-state index is 0.239. The van der Waals surface area contributed by atoms with Gasteiger partial charge >= 0.3 is 6.18 Å². The first-order valence-corrected chi connectivity index (χ1v) is 12.6. The molecule has 38 heavy (non-hydrogen) atoms. The van der Waals surface area contributed by atoms with Gasteiger partial charge < -0.3 is 10.2 Å². The molecule has 7 heteroatoms. The van der Waals surface area contributed by atoms with Crippen molar-refractivity contribution < 1.29 is 18.0 Å². The molecule has 4 aromatic carbocycles. The van der Waals surface area contributed by atoms with Crippen molar-refractivity contribution in [2.75, 3.05) is 36.4 Å². The topological polar surface area (TPSA) is 35.6 Å². The predicted octanol–water partition coefficient (Wildman–Crippen LogP) is 6.95.